The molecule has 0 saturated carbocycles. The summed E-state index contributed by atoms with van der Waals surface area (Å²) in [6.45, 7) is 3.96. The first kappa shape index (κ1) is 16.1. The summed E-state index contributed by atoms with van der Waals surface area (Å²) in [6, 6.07) is 11.9. The molecule has 0 aliphatic carbocycles. The molecule has 0 atom stereocenters. The monoisotopic (exact) mass is 339 g/mol. The molecule has 1 aliphatic heterocycles. The van der Waals surface area contributed by atoms with Crippen molar-refractivity contribution in [1.82, 2.24) is 14.8 Å². The maximum absolute atomic E-state index is 12.3. The van der Waals surface area contributed by atoms with Crippen molar-refractivity contribution in [3.05, 3.63) is 58.9 Å². The summed E-state index contributed by atoms with van der Waals surface area (Å²) in [4.78, 5) is 25.7. The number of thiocarbonyl (C=S) groups is 1. The van der Waals surface area contributed by atoms with Crippen molar-refractivity contribution in [2.45, 2.75) is 13.8 Å². The van der Waals surface area contributed by atoms with Crippen molar-refractivity contribution in [1.29, 1.82) is 0 Å². The molecule has 1 saturated heterocycles. The molecule has 0 bridgehead atoms. The van der Waals surface area contributed by atoms with Crippen LogP contribution in [0.3, 0.4) is 0 Å². The molecule has 3 rings (SSSR count). The van der Waals surface area contributed by atoms with E-state index in [-0.39, 0.29) is 10.7 Å². The van der Waals surface area contributed by atoms with Gasteiger partial charge in [-0.15, -0.1) is 0 Å². The molecule has 2 aromatic rings. The number of rotatable bonds is 2. The highest BCUT2D eigenvalue weighted by Gasteiger charge is 2.31. The van der Waals surface area contributed by atoms with Gasteiger partial charge in [0.2, 0.25) is 0 Å². The number of benzene rings is 1. The van der Waals surface area contributed by atoms with Gasteiger partial charge in [-0.05, 0) is 55.9 Å². The molecule has 1 N–H and O–H groups in total. The molecule has 122 valence electrons. The van der Waals surface area contributed by atoms with Crippen molar-refractivity contribution in [2.24, 2.45) is 0 Å². The average Bonchev–Trinajstić information content (AvgIpc) is 2.84. The van der Waals surface area contributed by atoms with Crippen LogP contribution < -0.4 is 5.32 Å². The lowest BCUT2D eigenvalue weighted by Gasteiger charge is -2.25. The van der Waals surface area contributed by atoms with E-state index in [1.165, 1.54) is 4.90 Å². The third kappa shape index (κ3) is 2.65. The molecule has 2 amide bonds. The Morgan fingerprint density at radius 2 is 1.79 bits per heavy atom. The molecule has 0 unspecified atom stereocenters. The number of aryl methyl sites for hydroxylation is 1. The Bertz CT molecular complexity index is 881. The Kier molecular flexibility index (Phi) is 4.07. The van der Waals surface area contributed by atoms with Crippen molar-refractivity contribution in [3.8, 4) is 5.69 Å². The predicted octanol–water partition coefficient (Wildman–Crippen LogP) is 2.35. The van der Waals surface area contributed by atoms with E-state index in [1.807, 2.05) is 50.2 Å². The van der Waals surface area contributed by atoms with E-state index in [0.717, 1.165) is 22.6 Å². The van der Waals surface area contributed by atoms with E-state index in [2.05, 4.69) is 9.88 Å². The fourth-order valence-corrected chi connectivity index (χ4v) is 2.98. The van der Waals surface area contributed by atoms with Crippen LogP contribution in [0, 0.1) is 13.8 Å². The maximum atomic E-state index is 12.3. The summed E-state index contributed by atoms with van der Waals surface area (Å²) in [5, 5.41) is 2.65. The van der Waals surface area contributed by atoms with Crippen LogP contribution in [0.4, 0.5) is 0 Å². The lowest BCUT2D eigenvalue weighted by molar-refractivity contribution is -0.128. The topological polar surface area (TPSA) is 54.3 Å². The van der Waals surface area contributed by atoms with E-state index >= 15 is 0 Å². The number of hydrogen-bond acceptors (Lipinski definition) is 3. The molecular formula is C18H17N3O2S. The van der Waals surface area contributed by atoms with E-state index < -0.39 is 11.8 Å². The number of hydrogen-bond donors (Lipinski definition) is 1. The SMILES string of the molecule is Cc1cc(/C=C2\C(=O)NC(=S)N(C)C2=O)c(C)n1-c1ccccc1. The van der Waals surface area contributed by atoms with Gasteiger partial charge in [-0.2, -0.15) is 0 Å². The van der Waals surface area contributed by atoms with Crippen molar-refractivity contribution >= 4 is 35.2 Å². The van der Waals surface area contributed by atoms with E-state index in [1.54, 1.807) is 13.1 Å². The molecule has 1 aliphatic rings. The van der Waals surface area contributed by atoms with Crippen LogP contribution in [0.2, 0.25) is 0 Å². The van der Waals surface area contributed by atoms with Gasteiger partial charge < -0.3 is 4.57 Å². The van der Waals surface area contributed by atoms with Crippen molar-refractivity contribution < 1.29 is 9.59 Å². The second-order valence-corrected chi connectivity index (χ2v) is 6.07. The lowest BCUT2D eigenvalue weighted by atomic mass is 10.1. The first-order valence-corrected chi connectivity index (χ1v) is 7.90. The standard InChI is InChI=1S/C18H17N3O2S/c1-11-9-13(12(2)21(11)14-7-5-4-6-8-14)10-15-16(22)19-18(24)20(3)17(15)23/h4-10H,1-3H3,(H,19,22,24)/b15-10+. The van der Waals surface area contributed by atoms with E-state index in [4.69, 9.17) is 12.2 Å². The zero-order valence-electron chi connectivity index (χ0n) is 13.7. The Labute approximate surface area is 145 Å². The largest absolute Gasteiger partial charge is 0.318 e. The van der Waals surface area contributed by atoms with Gasteiger partial charge in [0.05, 0.1) is 0 Å². The number of amides is 2. The highest BCUT2D eigenvalue weighted by molar-refractivity contribution is 7.80. The first-order chi connectivity index (χ1) is 11.4. The smallest absolute Gasteiger partial charge is 0.265 e. The first-order valence-electron chi connectivity index (χ1n) is 7.49. The van der Waals surface area contributed by atoms with Gasteiger partial charge >= 0.3 is 0 Å². The third-order valence-corrected chi connectivity index (χ3v) is 4.47. The van der Waals surface area contributed by atoms with E-state index in [0.29, 0.717) is 0 Å². The summed E-state index contributed by atoms with van der Waals surface area (Å²) in [6.07, 6.45) is 1.62. The lowest BCUT2D eigenvalue weighted by Crippen LogP contribution is -2.52. The Morgan fingerprint density at radius 1 is 1.12 bits per heavy atom. The molecule has 1 aromatic heterocycles. The Morgan fingerprint density at radius 3 is 2.46 bits per heavy atom. The normalized spacial score (nSPS) is 16.7. The average molecular weight is 339 g/mol. The van der Waals surface area contributed by atoms with Crippen LogP contribution in [-0.2, 0) is 9.59 Å². The predicted molar refractivity (Wildman–Crippen MR) is 96.7 cm³/mol. The zero-order valence-corrected chi connectivity index (χ0v) is 14.5. The summed E-state index contributed by atoms with van der Waals surface area (Å²) < 4.78 is 2.09. The van der Waals surface area contributed by atoms with Crippen LogP contribution in [0.5, 0.6) is 0 Å². The molecule has 5 nitrogen and oxygen atoms in total. The number of nitrogens with one attached hydrogen (secondary N) is 1. The molecule has 0 spiro atoms. The quantitative estimate of drug-likeness (QED) is 0.519. The fraction of sp³-hybridized carbons (Fsp3) is 0.167. The van der Waals surface area contributed by atoms with Gasteiger partial charge in [-0.1, -0.05) is 18.2 Å². The fourth-order valence-electron chi connectivity index (χ4n) is 2.81. The molecule has 1 fully saturated rings. The van der Waals surface area contributed by atoms with Crippen LogP contribution in [0.1, 0.15) is 17.0 Å². The molecule has 24 heavy (non-hydrogen) atoms. The Balaban J connectivity index is 2.07. The van der Waals surface area contributed by atoms with Gasteiger partial charge in [-0.25, -0.2) is 0 Å². The summed E-state index contributed by atoms with van der Waals surface area (Å²) >= 11 is 4.96. The molecule has 1 aromatic carbocycles. The summed E-state index contributed by atoms with van der Waals surface area (Å²) in [5.74, 6) is -0.860. The second-order valence-electron chi connectivity index (χ2n) is 5.68. The highest BCUT2D eigenvalue weighted by Crippen LogP contribution is 2.23. The minimum atomic E-state index is -0.465. The number of aromatic nitrogens is 1. The van der Waals surface area contributed by atoms with Crippen LogP contribution >= 0.6 is 12.2 Å². The third-order valence-electron chi connectivity index (χ3n) is 4.09. The minimum absolute atomic E-state index is 0.0828. The maximum Gasteiger partial charge on any atom is 0.265 e. The van der Waals surface area contributed by atoms with Gasteiger partial charge in [0.1, 0.15) is 5.57 Å². The van der Waals surface area contributed by atoms with E-state index in [9.17, 15) is 9.59 Å². The number of nitrogens with zero attached hydrogens (tertiary/aromatic N) is 2. The van der Waals surface area contributed by atoms with Gasteiger partial charge in [0, 0.05) is 24.1 Å². The summed E-state index contributed by atoms with van der Waals surface area (Å²) in [7, 11) is 1.55. The Hall–Kier alpha value is -2.73. The van der Waals surface area contributed by atoms with Crippen LogP contribution in [0.25, 0.3) is 11.8 Å². The molecular weight excluding hydrogens is 322 g/mol. The summed E-state index contributed by atoms with van der Waals surface area (Å²) in [5.41, 5.74) is 3.94. The zero-order chi connectivity index (χ0) is 17.4. The second kappa shape index (κ2) is 6.05. The van der Waals surface area contributed by atoms with Gasteiger partial charge in [0.15, 0.2) is 5.11 Å². The van der Waals surface area contributed by atoms with Crippen LogP contribution in [0.15, 0.2) is 42.0 Å². The van der Waals surface area contributed by atoms with Gasteiger partial charge in [0.25, 0.3) is 11.8 Å². The molecule has 0 radical (unpaired) electrons. The number of carbonyl (C=O) groups excluding carboxylic acids is 2. The highest BCUT2D eigenvalue weighted by atomic mass is 32.1. The number of carbonyl (C=O) groups is 2. The molecule has 2 heterocycles. The van der Waals surface area contributed by atoms with Crippen molar-refractivity contribution in [3.63, 3.8) is 0 Å². The van der Waals surface area contributed by atoms with Crippen molar-refractivity contribution in [2.75, 3.05) is 7.05 Å². The number of para-hydroxylation sites is 1. The minimum Gasteiger partial charge on any atom is -0.318 e. The molecule has 6 heteroatoms. The number of likely N-dealkylation sites (N-methyl/N-ethyl adjacent to an activating group) is 1. The van der Waals surface area contributed by atoms with Crippen LogP contribution in [-0.4, -0.2) is 33.4 Å². The van der Waals surface area contributed by atoms with Gasteiger partial charge in [-0.3, -0.25) is 19.8 Å².